The minimum absolute atomic E-state index is 0.252. The van der Waals surface area contributed by atoms with E-state index in [2.05, 4.69) is 26.8 Å². The molecule has 0 radical (unpaired) electrons. The fraction of sp³-hybridized carbons (Fsp3) is 0.381. The minimum atomic E-state index is -0.252. The topological polar surface area (TPSA) is 26.3 Å². The van der Waals surface area contributed by atoms with Gasteiger partial charge in [0, 0.05) is 0 Å². The molecule has 0 aliphatic rings. The number of unbranched alkanes of at least 4 members (excludes halogenated alkanes) is 1. The first-order valence-corrected chi connectivity index (χ1v) is 8.56. The van der Waals surface area contributed by atoms with Gasteiger partial charge in [-0.3, -0.25) is 0 Å². The van der Waals surface area contributed by atoms with E-state index >= 15 is 0 Å². The summed E-state index contributed by atoms with van der Waals surface area (Å²) in [6.07, 6.45) is 5.07. The number of benzene rings is 2. The van der Waals surface area contributed by atoms with E-state index in [0.717, 1.165) is 43.2 Å². The van der Waals surface area contributed by atoms with Gasteiger partial charge in [-0.25, -0.2) is 4.79 Å². The van der Waals surface area contributed by atoms with Gasteiger partial charge < -0.3 is 4.74 Å². The van der Waals surface area contributed by atoms with Crippen LogP contribution >= 0.6 is 0 Å². The smallest absolute Gasteiger partial charge is 0.343 e. The van der Waals surface area contributed by atoms with Crippen LogP contribution in [0, 0.1) is 6.92 Å². The molecule has 0 fully saturated rings. The second-order valence-corrected chi connectivity index (χ2v) is 5.95. The van der Waals surface area contributed by atoms with Gasteiger partial charge in [0.1, 0.15) is 5.75 Å². The lowest BCUT2D eigenvalue weighted by Gasteiger charge is -2.14. The highest BCUT2D eigenvalue weighted by atomic mass is 16.5. The summed E-state index contributed by atoms with van der Waals surface area (Å²) in [5.41, 5.74) is 4.07. The van der Waals surface area contributed by atoms with Crippen molar-refractivity contribution in [2.24, 2.45) is 0 Å². The normalized spacial score (nSPS) is 10.6. The molecule has 0 atom stereocenters. The molecule has 2 heteroatoms. The average molecular weight is 310 g/mol. The molecule has 122 valence electrons. The monoisotopic (exact) mass is 310 g/mol. The van der Waals surface area contributed by atoms with E-state index in [0.29, 0.717) is 11.3 Å². The Hall–Kier alpha value is -2.09. The Balaban J connectivity index is 2.25. The van der Waals surface area contributed by atoms with Crippen molar-refractivity contribution in [2.45, 2.75) is 52.9 Å². The maximum absolute atomic E-state index is 12.6. The van der Waals surface area contributed by atoms with Gasteiger partial charge in [-0.05, 0) is 55.0 Å². The zero-order valence-electron chi connectivity index (χ0n) is 14.4. The highest BCUT2D eigenvalue weighted by Crippen LogP contribution is 2.25. The number of hydrogen-bond acceptors (Lipinski definition) is 2. The third kappa shape index (κ3) is 4.44. The molecule has 0 amide bonds. The van der Waals surface area contributed by atoms with Crippen molar-refractivity contribution in [2.75, 3.05) is 0 Å². The Labute approximate surface area is 139 Å². The number of carbonyl (C=O) groups excluding carboxylic acids is 1. The molecule has 0 spiro atoms. The van der Waals surface area contributed by atoms with Crippen LogP contribution in [0.4, 0.5) is 0 Å². The SMILES string of the molecule is CCCCc1c(C)cccc1OC(=O)c1ccccc1CCC. The second kappa shape index (κ2) is 8.52. The van der Waals surface area contributed by atoms with Crippen LogP contribution in [0.15, 0.2) is 42.5 Å². The van der Waals surface area contributed by atoms with Gasteiger partial charge in [0.15, 0.2) is 0 Å². The lowest BCUT2D eigenvalue weighted by molar-refractivity contribution is 0.0732. The van der Waals surface area contributed by atoms with E-state index in [9.17, 15) is 4.79 Å². The number of aryl methyl sites for hydroxylation is 2. The van der Waals surface area contributed by atoms with Gasteiger partial charge in [0.2, 0.25) is 0 Å². The Bertz CT molecular complexity index is 659. The van der Waals surface area contributed by atoms with E-state index in [1.54, 1.807) is 0 Å². The first kappa shape index (κ1) is 17.3. The number of ether oxygens (including phenoxy) is 1. The van der Waals surface area contributed by atoms with Crippen LogP contribution in [-0.2, 0) is 12.8 Å². The fourth-order valence-corrected chi connectivity index (χ4v) is 2.81. The quantitative estimate of drug-likeness (QED) is 0.498. The van der Waals surface area contributed by atoms with Crippen LogP contribution in [0.2, 0.25) is 0 Å². The third-order valence-corrected chi connectivity index (χ3v) is 4.11. The first-order chi connectivity index (χ1) is 11.2. The third-order valence-electron chi connectivity index (χ3n) is 4.11. The van der Waals surface area contributed by atoms with Crippen LogP contribution in [0.25, 0.3) is 0 Å². The van der Waals surface area contributed by atoms with Crippen LogP contribution < -0.4 is 4.74 Å². The number of carbonyl (C=O) groups is 1. The molecular weight excluding hydrogens is 284 g/mol. The largest absolute Gasteiger partial charge is 0.423 e. The van der Waals surface area contributed by atoms with Crippen molar-refractivity contribution in [3.8, 4) is 5.75 Å². The molecule has 0 aliphatic heterocycles. The minimum Gasteiger partial charge on any atom is -0.423 e. The molecule has 0 bridgehead atoms. The Morgan fingerprint density at radius 1 is 0.957 bits per heavy atom. The van der Waals surface area contributed by atoms with E-state index in [4.69, 9.17) is 4.74 Å². The zero-order chi connectivity index (χ0) is 16.7. The number of rotatable bonds is 7. The highest BCUT2D eigenvalue weighted by molar-refractivity contribution is 5.92. The molecule has 23 heavy (non-hydrogen) atoms. The van der Waals surface area contributed by atoms with E-state index in [1.165, 1.54) is 5.56 Å². The van der Waals surface area contributed by atoms with Crippen LogP contribution in [0.5, 0.6) is 5.75 Å². The molecule has 0 aromatic heterocycles. The van der Waals surface area contributed by atoms with Crippen LogP contribution in [0.3, 0.4) is 0 Å². The molecular formula is C21H26O2. The van der Waals surface area contributed by atoms with E-state index in [1.807, 2.05) is 36.4 Å². The summed E-state index contributed by atoms with van der Waals surface area (Å²) in [6.45, 7) is 6.36. The van der Waals surface area contributed by atoms with E-state index in [-0.39, 0.29) is 5.97 Å². The molecule has 0 saturated carbocycles. The van der Waals surface area contributed by atoms with Crippen molar-refractivity contribution in [3.63, 3.8) is 0 Å². The highest BCUT2D eigenvalue weighted by Gasteiger charge is 2.15. The molecule has 0 N–H and O–H groups in total. The number of hydrogen-bond donors (Lipinski definition) is 0. The summed E-state index contributed by atoms with van der Waals surface area (Å²) in [5.74, 6) is 0.451. The van der Waals surface area contributed by atoms with Gasteiger partial charge in [-0.1, -0.05) is 57.0 Å². The fourth-order valence-electron chi connectivity index (χ4n) is 2.81. The summed E-state index contributed by atoms with van der Waals surface area (Å²) in [5, 5.41) is 0. The average Bonchev–Trinajstić information content (AvgIpc) is 2.55. The van der Waals surface area contributed by atoms with Crippen molar-refractivity contribution in [1.82, 2.24) is 0 Å². The molecule has 2 rings (SSSR count). The molecule has 0 heterocycles. The summed E-state index contributed by atoms with van der Waals surface area (Å²) < 4.78 is 5.76. The van der Waals surface area contributed by atoms with Crippen LogP contribution in [0.1, 0.15) is 60.2 Å². The standard InChI is InChI=1S/C21H26O2/c1-4-6-13-18-16(3)11-9-15-20(18)23-21(22)19-14-8-7-12-17(19)10-5-2/h7-9,11-12,14-15H,4-6,10,13H2,1-3H3. The van der Waals surface area contributed by atoms with Crippen molar-refractivity contribution >= 4 is 5.97 Å². The Morgan fingerprint density at radius 2 is 1.74 bits per heavy atom. The molecule has 0 unspecified atom stereocenters. The maximum Gasteiger partial charge on any atom is 0.343 e. The molecule has 2 aromatic carbocycles. The number of esters is 1. The van der Waals surface area contributed by atoms with Crippen molar-refractivity contribution < 1.29 is 9.53 Å². The Kier molecular flexibility index (Phi) is 6.40. The van der Waals surface area contributed by atoms with Gasteiger partial charge in [0.05, 0.1) is 5.56 Å². The maximum atomic E-state index is 12.6. The van der Waals surface area contributed by atoms with Gasteiger partial charge in [-0.2, -0.15) is 0 Å². The first-order valence-electron chi connectivity index (χ1n) is 8.56. The van der Waals surface area contributed by atoms with Gasteiger partial charge in [0.25, 0.3) is 0 Å². The predicted molar refractivity (Wildman–Crippen MR) is 95.2 cm³/mol. The summed E-state index contributed by atoms with van der Waals surface area (Å²) in [7, 11) is 0. The molecule has 2 aromatic rings. The summed E-state index contributed by atoms with van der Waals surface area (Å²) >= 11 is 0. The zero-order valence-corrected chi connectivity index (χ0v) is 14.4. The predicted octanol–water partition coefficient (Wildman–Crippen LogP) is 5.51. The molecule has 0 saturated heterocycles. The molecule has 0 aliphatic carbocycles. The second-order valence-electron chi connectivity index (χ2n) is 5.95. The van der Waals surface area contributed by atoms with Crippen molar-refractivity contribution in [3.05, 3.63) is 64.7 Å². The van der Waals surface area contributed by atoms with Gasteiger partial charge >= 0.3 is 5.97 Å². The lowest BCUT2D eigenvalue weighted by atomic mass is 10.0. The summed E-state index contributed by atoms with van der Waals surface area (Å²) in [4.78, 5) is 12.6. The molecule has 2 nitrogen and oxygen atoms in total. The van der Waals surface area contributed by atoms with Crippen molar-refractivity contribution in [1.29, 1.82) is 0 Å². The lowest BCUT2D eigenvalue weighted by Crippen LogP contribution is -2.13. The Morgan fingerprint density at radius 3 is 2.48 bits per heavy atom. The summed E-state index contributed by atoms with van der Waals surface area (Å²) in [6, 6.07) is 13.7. The van der Waals surface area contributed by atoms with Crippen LogP contribution in [-0.4, -0.2) is 5.97 Å². The van der Waals surface area contributed by atoms with E-state index < -0.39 is 0 Å². The van der Waals surface area contributed by atoms with Gasteiger partial charge in [-0.15, -0.1) is 0 Å².